The van der Waals surface area contributed by atoms with Crippen LogP contribution < -0.4 is 5.32 Å². The molecule has 2 saturated heterocycles. The van der Waals surface area contributed by atoms with Gasteiger partial charge in [0.1, 0.15) is 6.04 Å². The Morgan fingerprint density at radius 3 is 2.15 bits per heavy atom. The molecule has 0 unspecified atom stereocenters. The number of nitrogens with one attached hydrogen (secondary N) is 1. The quantitative estimate of drug-likeness (QED) is 0.807. The number of alkyl halides is 3. The number of halogens is 3. The number of carbonyl (C=O) groups is 2. The van der Waals surface area contributed by atoms with E-state index < -0.39 is 27.8 Å². The van der Waals surface area contributed by atoms with Gasteiger partial charge in [-0.1, -0.05) is 0 Å². The lowest BCUT2D eigenvalue weighted by Gasteiger charge is -2.35. The van der Waals surface area contributed by atoms with E-state index in [2.05, 4.69) is 5.32 Å². The maximum absolute atomic E-state index is 12.6. The minimum Gasteiger partial charge on any atom is -0.344 e. The van der Waals surface area contributed by atoms with E-state index in [4.69, 9.17) is 0 Å². The van der Waals surface area contributed by atoms with Crippen LogP contribution in [0.3, 0.4) is 0 Å². The van der Waals surface area contributed by atoms with Gasteiger partial charge in [-0.05, 0) is 30.7 Å². The van der Waals surface area contributed by atoms with Gasteiger partial charge >= 0.3 is 6.18 Å². The summed E-state index contributed by atoms with van der Waals surface area (Å²) in [7, 11) is -3.94. The normalized spacial score (nSPS) is 22.0. The van der Waals surface area contributed by atoms with Gasteiger partial charge in [0.15, 0.2) is 0 Å². The number of carbonyl (C=O) groups excluding carboxylic acids is 2. The highest BCUT2D eigenvalue weighted by Gasteiger charge is 2.35. The van der Waals surface area contributed by atoms with Crippen LogP contribution in [-0.4, -0.2) is 61.7 Å². The summed E-state index contributed by atoms with van der Waals surface area (Å²) < 4.78 is 64.2. The number of hydrogen-bond donors (Lipinski definition) is 1. The largest absolute Gasteiger partial charge is 0.416 e. The van der Waals surface area contributed by atoms with E-state index in [0.717, 1.165) is 28.6 Å². The third-order valence-electron chi connectivity index (χ3n) is 4.66. The topological polar surface area (TPSA) is 86.8 Å². The summed E-state index contributed by atoms with van der Waals surface area (Å²) in [6.07, 6.45) is -3.83. The molecule has 2 aliphatic heterocycles. The van der Waals surface area contributed by atoms with Crippen LogP contribution in [0.2, 0.25) is 0 Å². The molecule has 2 aliphatic rings. The summed E-state index contributed by atoms with van der Waals surface area (Å²) in [5.74, 6) is -0.427. The van der Waals surface area contributed by atoms with Crippen molar-refractivity contribution in [2.75, 3.05) is 26.2 Å². The van der Waals surface area contributed by atoms with Gasteiger partial charge in [-0.15, -0.1) is 0 Å². The van der Waals surface area contributed by atoms with Crippen LogP contribution in [0, 0.1) is 0 Å². The molecular weight excluding hydrogens is 387 g/mol. The summed E-state index contributed by atoms with van der Waals surface area (Å²) in [5, 5.41) is 2.58. The number of benzene rings is 1. The number of rotatable bonds is 3. The van der Waals surface area contributed by atoms with Crippen LogP contribution >= 0.6 is 0 Å². The average Bonchev–Trinajstić information content (AvgIpc) is 3.07. The fourth-order valence-corrected chi connectivity index (χ4v) is 4.56. The molecule has 148 valence electrons. The van der Waals surface area contributed by atoms with E-state index in [9.17, 15) is 31.2 Å². The molecule has 2 fully saturated rings. The zero-order valence-corrected chi connectivity index (χ0v) is 15.0. The monoisotopic (exact) mass is 405 g/mol. The SMILES string of the molecule is O=C1CC[C@@H](C(=O)N2CCN(S(=O)(=O)c3ccc(C(F)(F)F)cc3)CC2)N1. The van der Waals surface area contributed by atoms with E-state index in [1.54, 1.807) is 0 Å². The molecule has 0 bridgehead atoms. The Morgan fingerprint density at radius 2 is 1.67 bits per heavy atom. The Balaban J connectivity index is 1.64. The molecule has 0 spiro atoms. The molecular formula is C16H18F3N3O4S. The van der Waals surface area contributed by atoms with Crippen LogP contribution in [-0.2, 0) is 25.8 Å². The van der Waals surface area contributed by atoms with Gasteiger partial charge in [0, 0.05) is 32.6 Å². The van der Waals surface area contributed by atoms with E-state index in [1.165, 1.54) is 4.90 Å². The van der Waals surface area contributed by atoms with Gasteiger partial charge in [0.2, 0.25) is 21.8 Å². The zero-order valence-electron chi connectivity index (χ0n) is 14.2. The van der Waals surface area contributed by atoms with Gasteiger partial charge in [-0.25, -0.2) is 8.42 Å². The first-order valence-electron chi connectivity index (χ1n) is 8.34. The average molecular weight is 405 g/mol. The molecule has 1 N–H and O–H groups in total. The summed E-state index contributed by atoms with van der Waals surface area (Å²) in [6, 6.07) is 2.76. The molecule has 11 heteroatoms. The van der Waals surface area contributed by atoms with Crippen LogP contribution in [0.15, 0.2) is 29.2 Å². The second kappa shape index (κ2) is 7.12. The predicted octanol–water partition coefficient (Wildman–Crippen LogP) is 0.817. The third-order valence-corrected chi connectivity index (χ3v) is 6.58. The minimum atomic E-state index is -4.54. The van der Waals surface area contributed by atoms with Crippen molar-refractivity contribution in [3.8, 4) is 0 Å². The van der Waals surface area contributed by atoms with E-state index in [-0.39, 0.29) is 42.9 Å². The van der Waals surface area contributed by atoms with E-state index in [1.807, 2.05) is 0 Å². The van der Waals surface area contributed by atoms with Crippen molar-refractivity contribution in [3.05, 3.63) is 29.8 Å². The maximum atomic E-state index is 12.6. The van der Waals surface area contributed by atoms with Crippen LogP contribution in [0.25, 0.3) is 0 Å². The molecule has 1 aromatic carbocycles. The van der Waals surface area contributed by atoms with Crippen LogP contribution in [0.1, 0.15) is 18.4 Å². The second-order valence-corrected chi connectivity index (χ2v) is 8.35. The molecule has 0 aromatic heterocycles. The van der Waals surface area contributed by atoms with Crippen molar-refractivity contribution in [2.24, 2.45) is 0 Å². The smallest absolute Gasteiger partial charge is 0.344 e. The van der Waals surface area contributed by atoms with Crippen LogP contribution in [0.5, 0.6) is 0 Å². The van der Waals surface area contributed by atoms with Crippen LogP contribution in [0.4, 0.5) is 13.2 Å². The highest BCUT2D eigenvalue weighted by atomic mass is 32.2. The van der Waals surface area contributed by atoms with Crippen molar-refractivity contribution in [2.45, 2.75) is 30.0 Å². The molecule has 0 radical (unpaired) electrons. The lowest BCUT2D eigenvalue weighted by molar-refractivity contribution is -0.137. The molecule has 0 aliphatic carbocycles. The summed E-state index contributed by atoms with van der Waals surface area (Å²) in [6.45, 7) is 0.391. The lowest BCUT2D eigenvalue weighted by atomic mass is 10.2. The van der Waals surface area contributed by atoms with Crippen molar-refractivity contribution >= 4 is 21.8 Å². The number of sulfonamides is 1. The van der Waals surface area contributed by atoms with Gasteiger partial charge in [0.05, 0.1) is 10.5 Å². The summed E-state index contributed by atoms with van der Waals surface area (Å²) >= 11 is 0. The number of nitrogens with zero attached hydrogens (tertiary/aromatic N) is 2. The Kier molecular flexibility index (Phi) is 5.17. The molecule has 27 heavy (non-hydrogen) atoms. The van der Waals surface area contributed by atoms with Crippen molar-refractivity contribution < 1.29 is 31.2 Å². The van der Waals surface area contributed by atoms with Crippen molar-refractivity contribution in [1.82, 2.24) is 14.5 Å². The zero-order chi connectivity index (χ0) is 19.8. The molecule has 1 atom stereocenters. The number of amides is 2. The molecule has 1 aromatic rings. The molecule has 3 rings (SSSR count). The van der Waals surface area contributed by atoms with Crippen molar-refractivity contribution in [3.63, 3.8) is 0 Å². The predicted molar refractivity (Wildman–Crippen MR) is 87.9 cm³/mol. The standard InChI is InChI=1S/C16H18F3N3O4S/c17-16(18,19)11-1-3-12(4-2-11)27(25,26)22-9-7-21(8-10-22)15(24)13-5-6-14(23)20-13/h1-4,13H,5-10H2,(H,20,23)/t13-/m0/s1. The minimum absolute atomic E-state index is 0.0375. The molecule has 2 heterocycles. The van der Waals surface area contributed by atoms with E-state index >= 15 is 0 Å². The Bertz CT molecular complexity index is 831. The Labute approximate surface area is 154 Å². The maximum Gasteiger partial charge on any atom is 0.416 e. The lowest BCUT2D eigenvalue weighted by Crippen LogP contribution is -2.54. The number of hydrogen-bond acceptors (Lipinski definition) is 4. The Hall–Kier alpha value is -2.14. The first kappa shape index (κ1) is 19.6. The van der Waals surface area contributed by atoms with E-state index in [0.29, 0.717) is 12.8 Å². The highest BCUT2D eigenvalue weighted by molar-refractivity contribution is 7.89. The first-order chi connectivity index (χ1) is 12.6. The fraction of sp³-hybridized carbons (Fsp3) is 0.500. The van der Waals surface area contributed by atoms with Gasteiger partial charge in [0.25, 0.3) is 0 Å². The van der Waals surface area contributed by atoms with Crippen molar-refractivity contribution in [1.29, 1.82) is 0 Å². The second-order valence-electron chi connectivity index (χ2n) is 6.41. The van der Waals surface area contributed by atoms with Gasteiger partial charge < -0.3 is 10.2 Å². The number of piperazine rings is 1. The molecule has 2 amide bonds. The first-order valence-corrected chi connectivity index (χ1v) is 9.78. The Morgan fingerprint density at radius 1 is 1.07 bits per heavy atom. The summed E-state index contributed by atoms with van der Waals surface area (Å²) in [5.41, 5.74) is -0.921. The summed E-state index contributed by atoms with van der Waals surface area (Å²) in [4.78, 5) is 24.8. The third kappa shape index (κ3) is 4.08. The highest BCUT2D eigenvalue weighted by Crippen LogP contribution is 2.30. The molecule has 7 nitrogen and oxygen atoms in total. The van der Waals surface area contributed by atoms with Gasteiger partial charge in [-0.3, -0.25) is 9.59 Å². The fourth-order valence-electron chi connectivity index (χ4n) is 3.13. The molecule has 0 saturated carbocycles. The van der Waals surface area contributed by atoms with Gasteiger partial charge in [-0.2, -0.15) is 17.5 Å².